The minimum Gasteiger partial charge on any atom is -0.444 e. The highest BCUT2D eigenvalue weighted by Gasteiger charge is 2.18. The van der Waals surface area contributed by atoms with E-state index in [1.807, 2.05) is 51.1 Å². The molecule has 0 aliphatic rings. The first-order valence-corrected chi connectivity index (χ1v) is 10.9. The number of benzene rings is 1. The molecule has 0 heterocycles. The highest BCUT2D eigenvalue weighted by molar-refractivity contribution is 14.0. The third-order valence-electron chi connectivity index (χ3n) is 4.31. The molecule has 2 amide bonds. The van der Waals surface area contributed by atoms with Crippen molar-refractivity contribution in [1.82, 2.24) is 20.9 Å². The predicted molar refractivity (Wildman–Crippen MR) is 140 cm³/mol. The number of guanidine groups is 1. The van der Waals surface area contributed by atoms with Crippen molar-refractivity contribution in [2.24, 2.45) is 4.99 Å². The van der Waals surface area contributed by atoms with Crippen molar-refractivity contribution in [3.8, 4) is 0 Å². The van der Waals surface area contributed by atoms with Crippen LogP contribution in [0.15, 0.2) is 35.3 Å². The van der Waals surface area contributed by atoms with Crippen LogP contribution in [0.3, 0.4) is 0 Å². The molecule has 0 aliphatic carbocycles. The number of nitrogens with zero attached hydrogens (tertiary/aromatic N) is 2. The van der Waals surface area contributed by atoms with Gasteiger partial charge in [-0.1, -0.05) is 50.1 Å². The molecule has 9 heteroatoms. The van der Waals surface area contributed by atoms with Gasteiger partial charge in [0.1, 0.15) is 5.60 Å². The van der Waals surface area contributed by atoms with E-state index < -0.39 is 11.7 Å². The number of rotatable bonds is 10. The molecular weight excluding hydrogens is 521 g/mol. The number of aliphatic imine (C=N–C) groups is 1. The van der Waals surface area contributed by atoms with Gasteiger partial charge in [-0.05, 0) is 32.8 Å². The van der Waals surface area contributed by atoms with Gasteiger partial charge >= 0.3 is 6.09 Å². The average molecular weight is 562 g/mol. The number of carbonyl (C=O) groups is 2. The maximum absolute atomic E-state index is 12.1. The van der Waals surface area contributed by atoms with Crippen molar-refractivity contribution >= 4 is 41.9 Å². The number of carbonyl (C=O) groups excluding carboxylic acids is 2. The number of amides is 2. The zero-order chi connectivity index (χ0) is 23.3. The van der Waals surface area contributed by atoms with Crippen LogP contribution in [-0.2, 0) is 16.1 Å². The summed E-state index contributed by atoms with van der Waals surface area (Å²) in [5.74, 6) is 0.484. The zero-order valence-electron chi connectivity index (χ0n) is 20.2. The Labute approximate surface area is 210 Å². The van der Waals surface area contributed by atoms with E-state index >= 15 is 0 Å². The third-order valence-corrected chi connectivity index (χ3v) is 4.31. The Bertz CT molecular complexity index is 705. The molecule has 182 valence electrons. The summed E-state index contributed by atoms with van der Waals surface area (Å²) in [6.07, 6.45) is 2.43. The van der Waals surface area contributed by atoms with Crippen molar-refractivity contribution in [3.05, 3.63) is 35.9 Å². The lowest BCUT2D eigenvalue weighted by atomic mass is 10.1. The van der Waals surface area contributed by atoms with Crippen molar-refractivity contribution in [3.63, 3.8) is 0 Å². The second kappa shape index (κ2) is 15.7. The molecule has 0 aliphatic heterocycles. The summed E-state index contributed by atoms with van der Waals surface area (Å²) >= 11 is 0. The molecule has 1 unspecified atom stereocenters. The molecule has 3 N–H and O–H groups in total. The van der Waals surface area contributed by atoms with Crippen LogP contribution in [0.4, 0.5) is 4.79 Å². The largest absolute Gasteiger partial charge is 0.444 e. The molecule has 0 saturated carbocycles. The lowest BCUT2D eigenvalue weighted by Gasteiger charge is -2.24. The van der Waals surface area contributed by atoms with Crippen molar-refractivity contribution in [1.29, 1.82) is 0 Å². The number of nitrogens with one attached hydrogen (secondary N) is 3. The van der Waals surface area contributed by atoms with E-state index in [9.17, 15) is 9.59 Å². The summed E-state index contributed by atoms with van der Waals surface area (Å²) in [4.78, 5) is 30.3. The number of hydrogen-bond acceptors (Lipinski definition) is 4. The second-order valence-electron chi connectivity index (χ2n) is 8.66. The highest BCUT2D eigenvalue weighted by atomic mass is 127. The monoisotopic (exact) mass is 561 g/mol. The summed E-state index contributed by atoms with van der Waals surface area (Å²) in [6, 6.07) is 9.86. The molecule has 0 spiro atoms. The van der Waals surface area contributed by atoms with Crippen LogP contribution in [0.1, 0.15) is 52.5 Å². The van der Waals surface area contributed by atoms with E-state index in [0.29, 0.717) is 19.0 Å². The minimum absolute atomic E-state index is 0. The Kier molecular flexibility index (Phi) is 14.7. The van der Waals surface area contributed by atoms with Gasteiger partial charge < -0.3 is 25.6 Å². The van der Waals surface area contributed by atoms with Crippen LogP contribution in [0.25, 0.3) is 0 Å². The Morgan fingerprint density at radius 2 is 1.78 bits per heavy atom. The maximum Gasteiger partial charge on any atom is 0.407 e. The fraction of sp³-hybridized carbons (Fsp3) is 0.609. The van der Waals surface area contributed by atoms with E-state index in [1.165, 1.54) is 4.90 Å². The Morgan fingerprint density at radius 3 is 2.34 bits per heavy atom. The molecule has 1 aromatic rings. The number of hydrogen-bond donors (Lipinski definition) is 3. The van der Waals surface area contributed by atoms with E-state index in [0.717, 1.165) is 24.8 Å². The van der Waals surface area contributed by atoms with Gasteiger partial charge in [0.25, 0.3) is 0 Å². The third kappa shape index (κ3) is 14.1. The van der Waals surface area contributed by atoms with Crippen LogP contribution in [0.2, 0.25) is 0 Å². The summed E-state index contributed by atoms with van der Waals surface area (Å²) in [6.45, 7) is 8.62. The van der Waals surface area contributed by atoms with Crippen LogP contribution >= 0.6 is 24.0 Å². The normalized spacial score (nSPS) is 12.2. The minimum atomic E-state index is -0.549. The van der Waals surface area contributed by atoms with Crippen molar-refractivity contribution in [2.75, 3.05) is 27.2 Å². The Hall–Kier alpha value is -2.04. The topological polar surface area (TPSA) is 95.1 Å². The summed E-state index contributed by atoms with van der Waals surface area (Å²) in [5, 5.41) is 9.31. The molecule has 1 atom stereocenters. The number of halogens is 1. The summed E-state index contributed by atoms with van der Waals surface area (Å²) in [7, 11) is 3.43. The van der Waals surface area contributed by atoms with Crippen LogP contribution in [0, 0.1) is 0 Å². The van der Waals surface area contributed by atoms with Crippen molar-refractivity contribution < 1.29 is 14.3 Å². The number of alkyl carbamates (subject to hydrolysis) is 1. The van der Waals surface area contributed by atoms with Gasteiger partial charge in [0, 0.05) is 26.7 Å². The van der Waals surface area contributed by atoms with E-state index in [4.69, 9.17) is 4.74 Å². The van der Waals surface area contributed by atoms with Crippen LogP contribution in [0.5, 0.6) is 0 Å². The summed E-state index contributed by atoms with van der Waals surface area (Å²) in [5.41, 5.74) is 0.520. The van der Waals surface area contributed by atoms with Crippen LogP contribution < -0.4 is 16.0 Å². The van der Waals surface area contributed by atoms with Gasteiger partial charge in [0.05, 0.1) is 13.1 Å². The predicted octanol–water partition coefficient (Wildman–Crippen LogP) is 3.51. The van der Waals surface area contributed by atoms with E-state index in [2.05, 4.69) is 27.9 Å². The molecule has 8 nitrogen and oxygen atoms in total. The lowest BCUT2D eigenvalue weighted by molar-refractivity contribution is -0.127. The fourth-order valence-electron chi connectivity index (χ4n) is 2.61. The molecule has 0 aromatic heterocycles. The molecule has 0 saturated heterocycles. The smallest absolute Gasteiger partial charge is 0.407 e. The molecule has 32 heavy (non-hydrogen) atoms. The number of unbranched alkanes of at least 4 members (excludes halogenated alkanes) is 1. The molecule has 1 rings (SSSR count). The first-order chi connectivity index (χ1) is 14.6. The highest BCUT2D eigenvalue weighted by Crippen LogP contribution is 2.07. The molecule has 0 radical (unpaired) electrons. The number of likely N-dealkylation sites (N-methyl/N-ethyl adjacent to an activating group) is 1. The van der Waals surface area contributed by atoms with Gasteiger partial charge in [-0.2, -0.15) is 0 Å². The molecule has 1 aromatic carbocycles. The quantitative estimate of drug-likeness (QED) is 0.231. The molecule has 0 bridgehead atoms. The van der Waals surface area contributed by atoms with Gasteiger partial charge in [-0.25, -0.2) is 9.79 Å². The van der Waals surface area contributed by atoms with Gasteiger partial charge in [0.2, 0.25) is 5.91 Å². The standard InChI is InChI=1S/C23H39N5O3.HI/c1-7-8-14-19(16-26-22(30)31-23(2,3)4)27-21(25-17-20(29)28(5)6)24-15-18-12-10-9-11-13-18;/h9-13,19H,7-8,14-17H2,1-6H3,(H,26,30)(H2,24,25,27);1H. The fourth-order valence-corrected chi connectivity index (χ4v) is 2.61. The molecule has 0 fully saturated rings. The van der Waals surface area contributed by atoms with Gasteiger partial charge in [-0.3, -0.25) is 4.79 Å². The Morgan fingerprint density at radius 1 is 1.12 bits per heavy atom. The summed E-state index contributed by atoms with van der Waals surface area (Å²) < 4.78 is 5.33. The van der Waals surface area contributed by atoms with Gasteiger partial charge in [0.15, 0.2) is 5.96 Å². The molecular formula is C23H40IN5O3. The van der Waals surface area contributed by atoms with E-state index in [-0.39, 0.29) is 42.5 Å². The SMILES string of the molecule is CCCCC(CNC(=O)OC(C)(C)C)NC(=NCc1ccccc1)NCC(=O)N(C)C.I. The van der Waals surface area contributed by atoms with Gasteiger partial charge in [-0.15, -0.1) is 24.0 Å². The number of ether oxygens (including phenoxy) is 1. The maximum atomic E-state index is 12.1. The second-order valence-corrected chi connectivity index (χ2v) is 8.66. The zero-order valence-corrected chi connectivity index (χ0v) is 22.6. The first kappa shape index (κ1) is 30.0. The Balaban J connectivity index is 0.00000961. The first-order valence-electron chi connectivity index (χ1n) is 10.9. The lowest BCUT2D eigenvalue weighted by Crippen LogP contribution is -2.50. The van der Waals surface area contributed by atoms with Crippen molar-refractivity contribution in [2.45, 2.75) is 65.1 Å². The van der Waals surface area contributed by atoms with E-state index in [1.54, 1.807) is 14.1 Å². The average Bonchev–Trinajstić information content (AvgIpc) is 2.70. The van der Waals surface area contributed by atoms with Crippen LogP contribution in [-0.4, -0.2) is 61.7 Å².